The zero-order valence-electron chi connectivity index (χ0n) is 15.3. The summed E-state index contributed by atoms with van der Waals surface area (Å²) in [6.45, 7) is 3.46. The molecule has 0 atom stereocenters. The van der Waals surface area contributed by atoms with E-state index >= 15 is 0 Å². The Morgan fingerprint density at radius 1 is 1.32 bits per heavy atom. The number of aromatic nitrogens is 2. The van der Waals surface area contributed by atoms with E-state index in [0.717, 1.165) is 11.3 Å². The molecule has 3 aromatic rings. The number of carbonyl (C=O) groups excluding carboxylic acids is 3. The molecule has 0 saturated heterocycles. The largest absolute Gasteiger partial charge is 0.465 e. The molecule has 9 nitrogen and oxygen atoms in total. The number of hydrogen-bond donors (Lipinski definition) is 2. The maximum atomic E-state index is 12.6. The van der Waals surface area contributed by atoms with Gasteiger partial charge in [-0.3, -0.25) is 9.89 Å². The van der Waals surface area contributed by atoms with Crippen LogP contribution in [0.1, 0.15) is 43.0 Å². The second-order valence-corrected chi connectivity index (χ2v) is 6.59. The molecule has 3 rings (SSSR count). The van der Waals surface area contributed by atoms with Gasteiger partial charge >= 0.3 is 11.9 Å². The van der Waals surface area contributed by atoms with E-state index in [1.54, 1.807) is 26.0 Å². The summed E-state index contributed by atoms with van der Waals surface area (Å²) >= 11 is 0.942. The summed E-state index contributed by atoms with van der Waals surface area (Å²) in [5.74, 6) is -1.28. The van der Waals surface area contributed by atoms with Gasteiger partial charge in [0.15, 0.2) is 11.5 Å². The molecule has 3 heterocycles. The Morgan fingerprint density at radius 3 is 2.75 bits per heavy atom. The second kappa shape index (κ2) is 8.09. The normalized spacial score (nSPS) is 10.5. The molecule has 0 spiro atoms. The number of hydrogen-bond acceptors (Lipinski definition) is 8. The van der Waals surface area contributed by atoms with Crippen molar-refractivity contribution in [3.63, 3.8) is 0 Å². The molecule has 0 unspecified atom stereocenters. The minimum Gasteiger partial charge on any atom is -0.465 e. The highest BCUT2D eigenvalue weighted by molar-refractivity contribution is 7.18. The summed E-state index contributed by atoms with van der Waals surface area (Å²) in [5.41, 5.74) is 1.10. The first-order valence-electron chi connectivity index (χ1n) is 8.25. The highest BCUT2D eigenvalue weighted by atomic mass is 32.1. The summed E-state index contributed by atoms with van der Waals surface area (Å²) in [6, 6.07) is 4.95. The standard InChI is InChI=1S/C18H17N3O6S/c1-4-26-18(24)14-9(2)13(17(23)25-3)16(28-14)19-15(22)11-8-10(20-21-11)12-6-5-7-27-12/h5-8H,4H2,1-3H3,(H,19,22)(H,20,21). The van der Waals surface area contributed by atoms with Gasteiger partial charge in [0.05, 0.1) is 25.5 Å². The maximum absolute atomic E-state index is 12.6. The van der Waals surface area contributed by atoms with Crippen LogP contribution in [0.15, 0.2) is 28.9 Å². The Kier molecular flexibility index (Phi) is 5.59. The van der Waals surface area contributed by atoms with Gasteiger partial charge in [0.25, 0.3) is 5.91 Å². The summed E-state index contributed by atoms with van der Waals surface area (Å²) in [7, 11) is 1.22. The fraction of sp³-hybridized carbons (Fsp3) is 0.222. The van der Waals surface area contributed by atoms with Gasteiger partial charge in [0.1, 0.15) is 15.6 Å². The quantitative estimate of drug-likeness (QED) is 0.606. The third-order valence-electron chi connectivity index (χ3n) is 3.82. The molecule has 2 N–H and O–H groups in total. The van der Waals surface area contributed by atoms with Crippen molar-refractivity contribution in [2.45, 2.75) is 13.8 Å². The fourth-order valence-electron chi connectivity index (χ4n) is 2.50. The lowest BCUT2D eigenvalue weighted by atomic mass is 10.1. The molecule has 0 aromatic carbocycles. The number of nitrogens with one attached hydrogen (secondary N) is 2. The molecule has 0 saturated carbocycles. The number of nitrogens with zero attached hydrogens (tertiary/aromatic N) is 1. The highest BCUT2D eigenvalue weighted by Crippen LogP contribution is 2.34. The third-order valence-corrected chi connectivity index (χ3v) is 5.01. The van der Waals surface area contributed by atoms with Crippen LogP contribution >= 0.6 is 11.3 Å². The number of carbonyl (C=O) groups is 3. The van der Waals surface area contributed by atoms with Gasteiger partial charge in [0, 0.05) is 6.07 Å². The number of anilines is 1. The molecule has 0 radical (unpaired) electrons. The average molecular weight is 403 g/mol. The van der Waals surface area contributed by atoms with E-state index in [9.17, 15) is 14.4 Å². The summed E-state index contributed by atoms with van der Waals surface area (Å²) in [5, 5.41) is 9.46. The van der Waals surface area contributed by atoms with Gasteiger partial charge in [-0.1, -0.05) is 0 Å². The lowest BCUT2D eigenvalue weighted by Gasteiger charge is -2.04. The zero-order chi connectivity index (χ0) is 20.3. The van der Waals surface area contributed by atoms with Crippen molar-refractivity contribution in [2.75, 3.05) is 19.0 Å². The molecule has 0 aliphatic rings. The van der Waals surface area contributed by atoms with Gasteiger partial charge in [-0.25, -0.2) is 9.59 Å². The smallest absolute Gasteiger partial charge is 0.348 e. The fourth-order valence-corrected chi connectivity index (χ4v) is 3.59. The first-order chi connectivity index (χ1) is 13.5. The van der Waals surface area contributed by atoms with Crippen molar-refractivity contribution in [3.8, 4) is 11.5 Å². The molecular weight excluding hydrogens is 386 g/mol. The van der Waals surface area contributed by atoms with E-state index in [2.05, 4.69) is 15.5 Å². The van der Waals surface area contributed by atoms with Gasteiger partial charge in [-0.05, 0) is 31.5 Å². The number of ether oxygens (including phenoxy) is 2. The topological polar surface area (TPSA) is 124 Å². The van der Waals surface area contributed by atoms with E-state index < -0.39 is 17.8 Å². The number of methoxy groups -OCH3 is 1. The first-order valence-corrected chi connectivity index (χ1v) is 9.07. The average Bonchev–Trinajstić information content (AvgIpc) is 3.41. The van der Waals surface area contributed by atoms with Crippen LogP contribution in [0.2, 0.25) is 0 Å². The van der Waals surface area contributed by atoms with E-state index in [0.29, 0.717) is 17.0 Å². The van der Waals surface area contributed by atoms with Crippen LogP contribution in [0.25, 0.3) is 11.5 Å². The second-order valence-electron chi connectivity index (χ2n) is 5.57. The van der Waals surface area contributed by atoms with Gasteiger partial charge in [-0.2, -0.15) is 5.10 Å². The van der Waals surface area contributed by atoms with Crippen LogP contribution in [0, 0.1) is 6.92 Å². The van der Waals surface area contributed by atoms with Gasteiger partial charge < -0.3 is 19.2 Å². The third kappa shape index (κ3) is 3.67. The zero-order valence-corrected chi connectivity index (χ0v) is 16.1. The minimum absolute atomic E-state index is 0.0888. The Hall–Kier alpha value is -3.40. The number of rotatable bonds is 6. The lowest BCUT2D eigenvalue weighted by molar-refractivity contribution is 0.0531. The number of amides is 1. The molecule has 0 bridgehead atoms. The summed E-state index contributed by atoms with van der Waals surface area (Å²) in [4.78, 5) is 37.1. The first kappa shape index (κ1) is 19.4. The Labute approximate surface area is 163 Å². The Balaban J connectivity index is 1.90. The number of aromatic amines is 1. The number of thiophene rings is 1. The molecule has 0 fully saturated rings. The molecule has 146 valence electrons. The van der Waals surface area contributed by atoms with Gasteiger partial charge in [0.2, 0.25) is 0 Å². The van der Waals surface area contributed by atoms with Crippen molar-refractivity contribution in [1.29, 1.82) is 0 Å². The van der Waals surface area contributed by atoms with Crippen LogP contribution in [0.5, 0.6) is 0 Å². The van der Waals surface area contributed by atoms with Crippen molar-refractivity contribution in [2.24, 2.45) is 0 Å². The molecule has 28 heavy (non-hydrogen) atoms. The van der Waals surface area contributed by atoms with Crippen LogP contribution in [0.4, 0.5) is 5.00 Å². The van der Waals surface area contributed by atoms with Crippen LogP contribution < -0.4 is 5.32 Å². The predicted molar refractivity (Wildman–Crippen MR) is 101 cm³/mol. The Bertz CT molecular complexity index is 1020. The van der Waals surface area contributed by atoms with Crippen molar-refractivity contribution in [1.82, 2.24) is 10.2 Å². The molecule has 10 heteroatoms. The Morgan fingerprint density at radius 2 is 2.11 bits per heavy atom. The SMILES string of the molecule is CCOC(=O)c1sc(NC(=O)c2cc(-c3ccco3)[nH]n2)c(C(=O)OC)c1C. The van der Waals surface area contributed by atoms with Crippen molar-refractivity contribution >= 4 is 34.2 Å². The molecular formula is C18H17N3O6S. The van der Waals surface area contributed by atoms with Crippen molar-refractivity contribution in [3.05, 3.63) is 46.2 Å². The molecule has 3 aromatic heterocycles. The predicted octanol–water partition coefficient (Wildman–Crippen LogP) is 3.26. The molecule has 0 aliphatic carbocycles. The molecule has 1 amide bonds. The summed E-state index contributed by atoms with van der Waals surface area (Å²) < 4.78 is 15.0. The van der Waals surface area contributed by atoms with E-state index in [4.69, 9.17) is 13.9 Å². The number of furan rings is 1. The van der Waals surface area contributed by atoms with E-state index in [1.807, 2.05) is 0 Å². The lowest BCUT2D eigenvalue weighted by Crippen LogP contribution is -2.14. The highest BCUT2D eigenvalue weighted by Gasteiger charge is 2.27. The molecule has 0 aliphatic heterocycles. The van der Waals surface area contributed by atoms with Crippen LogP contribution in [0.3, 0.4) is 0 Å². The maximum Gasteiger partial charge on any atom is 0.348 e. The van der Waals surface area contributed by atoms with E-state index in [-0.39, 0.29) is 27.7 Å². The van der Waals surface area contributed by atoms with Crippen molar-refractivity contribution < 1.29 is 28.3 Å². The van der Waals surface area contributed by atoms with Crippen LogP contribution in [-0.4, -0.2) is 41.8 Å². The van der Waals surface area contributed by atoms with Crippen LogP contribution in [-0.2, 0) is 9.47 Å². The minimum atomic E-state index is -0.669. The van der Waals surface area contributed by atoms with Gasteiger partial charge in [-0.15, -0.1) is 11.3 Å². The number of esters is 2. The summed E-state index contributed by atoms with van der Waals surface area (Å²) in [6.07, 6.45) is 1.50. The monoisotopic (exact) mass is 403 g/mol. The van der Waals surface area contributed by atoms with E-state index in [1.165, 1.54) is 19.4 Å². The number of H-pyrrole nitrogens is 1.